The van der Waals surface area contributed by atoms with E-state index in [4.69, 9.17) is 11.6 Å². The number of hydrogen-bond donors (Lipinski definition) is 2. The largest absolute Gasteiger partial charge is 0.465 e. The van der Waals surface area contributed by atoms with Crippen LogP contribution in [0, 0.1) is 0 Å². The molecule has 1 atom stereocenters. The normalized spacial score (nSPS) is 16.4. The lowest BCUT2D eigenvalue weighted by Crippen LogP contribution is -2.45. The number of benzene rings is 2. The molecule has 138 valence electrons. The predicted molar refractivity (Wildman–Crippen MR) is 101 cm³/mol. The highest BCUT2D eigenvalue weighted by atomic mass is 35.5. The first-order valence-electron chi connectivity index (χ1n) is 8.17. The second-order valence-electron chi connectivity index (χ2n) is 6.02. The van der Waals surface area contributed by atoms with Gasteiger partial charge in [-0.15, -0.1) is 0 Å². The average Bonchev–Trinajstić information content (AvgIpc) is 2.67. The zero-order chi connectivity index (χ0) is 19.6. The summed E-state index contributed by atoms with van der Waals surface area (Å²) in [5, 5.41) is 5.94. The van der Waals surface area contributed by atoms with E-state index in [-0.39, 0.29) is 5.78 Å². The number of Topliss-reactive ketones (excluding diaryl/α,β-unsaturated/α-hetero) is 1. The van der Waals surface area contributed by atoms with Crippen LogP contribution < -0.4 is 10.6 Å². The second-order valence-corrected chi connectivity index (χ2v) is 6.46. The van der Waals surface area contributed by atoms with Crippen LogP contribution in [0.2, 0.25) is 5.02 Å². The van der Waals surface area contributed by atoms with Crippen molar-refractivity contribution in [2.75, 3.05) is 7.11 Å². The lowest BCUT2D eigenvalue weighted by Gasteiger charge is -2.28. The van der Waals surface area contributed by atoms with Crippen LogP contribution in [-0.4, -0.2) is 24.9 Å². The minimum Gasteiger partial charge on any atom is -0.465 e. The van der Waals surface area contributed by atoms with Gasteiger partial charge >= 0.3 is 12.0 Å². The smallest absolute Gasteiger partial charge is 0.337 e. The molecule has 0 radical (unpaired) electrons. The molecule has 1 heterocycles. The van der Waals surface area contributed by atoms with Crippen LogP contribution in [0.15, 0.2) is 59.8 Å². The number of ketones is 1. The van der Waals surface area contributed by atoms with Gasteiger partial charge in [-0.2, -0.15) is 0 Å². The molecule has 2 aromatic carbocycles. The number of hydrogen-bond acceptors (Lipinski definition) is 4. The van der Waals surface area contributed by atoms with Gasteiger partial charge < -0.3 is 15.4 Å². The lowest BCUT2D eigenvalue weighted by atomic mass is 9.89. The van der Waals surface area contributed by atoms with Gasteiger partial charge in [0.05, 0.1) is 18.7 Å². The highest BCUT2D eigenvalue weighted by Gasteiger charge is 2.31. The topological polar surface area (TPSA) is 84.5 Å². The predicted octanol–water partition coefficient (Wildman–Crippen LogP) is 3.64. The summed E-state index contributed by atoms with van der Waals surface area (Å²) in [7, 11) is 1.30. The van der Waals surface area contributed by atoms with E-state index >= 15 is 0 Å². The number of nitrogens with one attached hydrogen (secondary N) is 2. The van der Waals surface area contributed by atoms with Gasteiger partial charge in [0.2, 0.25) is 0 Å². The Morgan fingerprint density at radius 2 is 1.59 bits per heavy atom. The van der Waals surface area contributed by atoms with E-state index in [2.05, 4.69) is 15.4 Å². The fourth-order valence-electron chi connectivity index (χ4n) is 2.93. The van der Waals surface area contributed by atoms with Crippen LogP contribution in [0.25, 0.3) is 0 Å². The van der Waals surface area contributed by atoms with E-state index < -0.39 is 18.0 Å². The summed E-state index contributed by atoms with van der Waals surface area (Å²) < 4.78 is 4.69. The number of carbonyl (C=O) groups is 3. The van der Waals surface area contributed by atoms with Gasteiger partial charge in [0.15, 0.2) is 5.78 Å². The number of allylic oxidation sites excluding steroid dienone is 1. The van der Waals surface area contributed by atoms with Crippen molar-refractivity contribution in [2.24, 2.45) is 0 Å². The Morgan fingerprint density at radius 1 is 1.00 bits per heavy atom. The van der Waals surface area contributed by atoms with Crippen molar-refractivity contribution in [2.45, 2.75) is 13.0 Å². The molecule has 0 fully saturated rings. The Labute approximate surface area is 161 Å². The molecule has 0 bridgehead atoms. The fraction of sp³-hybridized carbons (Fsp3) is 0.150. The summed E-state index contributed by atoms with van der Waals surface area (Å²) in [5.41, 5.74) is 2.41. The number of esters is 1. The van der Waals surface area contributed by atoms with Crippen LogP contribution in [-0.2, 0) is 4.74 Å². The van der Waals surface area contributed by atoms with Crippen molar-refractivity contribution in [1.29, 1.82) is 0 Å². The number of amides is 2. The molecule has 0 unspecified atom stereocenters. The molecule has 0 saturated carbocycles. The Balaban J connectivity index is 2.00. The molecule has 0 spiro atoms. The van der Waals surface area contributed by atoms with Crippen LogP contribution in [0.5, 0.6) is 0 Å². The van der Waals surface area contributed by atoms with Crippen molar-refractivity contribution < 1.29 is 19.1 Å². The molecule has 6 nitrogen and oxygen atoms in total. The van der Waals surface area contributed by atoms with E-state index in [1.54, 1.807) is 55.5 Å². The van der Waals surface area contributed by atoms with Crippen molar-refractivity contribution in [3.63, 3.8) is 0 Å². The molecule has 3 rings (SSSR count). The number of halogens is 1. The quantitative estimate of drug-likeness (QED) is 0.622. The fourth-order valence-corrected chi connectivity index (χ4v) is 3.06. The third-order valence-corrected chi connectivity index (χ3v) is 4.54. The monoisotopic (exact) mass is 384 g/mol. The Kier molecular flexibility index (Phi) is 5.28. The van der Waals surface area contributed by atoms with Crippen LogP contribution in [0.1, 0.15) is 39.2 Å². The number of rotatable bonds is 4. The minimum atomic E-state index is -0.645. The molecular weight excluding hydrogens is 368 g/mol. The van der Waals surface area contributed by atoms with E-state index in [9.17, 15) is 14.4 Å². The first-order chi connectivity index (χ1) is 12.9. The number of methoxy groups -OCH3 is 1. The number of ether oxygens (including phenoxy) is 1. The van der Waals surface area contributed by atoms with Gasteiger partial charge in [-0.1, -0.05) is 23.7 Å². The van der Waals surface area contributed by atoms with Gasteiger partial charge in [0, 0.05) is 21.9 Å². The zero-order valence-electron chi connectivity index (χ0n) is 14.7. The summed E-state index contributed by atoms with van der Waals surface area (Å²) in [5.74, 6) is -0.682. The average molecular weight is 385 g/mol. The van der Waals surface area contributed by atoms with Crippen molar-refractivity contribution in [3.05, 3.63) is 81.5 Å². The van der Waals surface area contributed by atoms with E-state index in [0.29, 0.717) is 33.0 Å². The van der Waals surface area contributed by atoms with E-state index in [1.807, 2.05) is 0 Å². The lowest BCUT2D eigenvalue weighted by molar-refractivity contribution is 0.0600. The highest BCUT2D eigenvalue weighted by molar-refractivity contribution is 6.30. The second kappa shape index (κ2) is 7.63. The highest BCUT2D eigenvalue weighted by Crippen LogP contribution is 2.30. The summed E-state index contributed by atoms with van der Waals surface area (Å²) in [6.07, 6.45) is 0. The molecule has 0 aromatic heterocycles. The Bertz CT molecular complexity index is 933. The molecule has 0 aliphatic carbocycles. The van der Waals surface area contributed by atoms with Gasteiger partial charge in [0.25, 0.3) is 0 Å². The minimum absolute atomic E-state index is 0.223. The van der Waals surface area contributed by atoms with Gasteiger partial charge in [-0.25, -0.2) is 9.59 Å². The first kappa shape index (κ1) is 18.7. The molecule has 27 heavy (non-hydrogen) atoms. The van der Waals surface area contributed by atoms with Crippen LogP contribution in [0.4, 0.5) is 4.79 Å². The van der Waals surface area contributed by atoms with Gasteiger partial charge in [-0.3, -0.25) is 4.79 Å². The van der Waals surface area contributed by atoms with Crippen LogP contribution >= 0.6 is 11.6 Å². The molecule has 2 aromatic rings. The van der Waals surface area contributed by atoms with Gasteiger partial charge in [0.1, 0.15) is 0 Å². The molecular formula is C20H17ClN2O4. The van der Waals surface area contributed by atoms with Crippen molar-refractivity contribution in [1.82, 2.24) is 10.6 Å². The zero-order valence-corrected chi connectivity index (χ0v) is 15.5. The van der Waals surface area contributed by atoms with Crippen molar-refractivity contribution >= 4 is 29.4 Å². The Hall–Kier alpha value is -3.12. The third-order valence-electron chi connectivity index (χ3n) is 4.29. The number of urea groups is 1. The standard InChI is InChI=1S/C20H17ClN2O4/c1-11-16(18(24)13-7-9-15(21)10-8-13)17(23-20(26)22-11)12-3-5-14(6-4-12)19(25)27-2/h3-10,17H,1-2H3,(H2,22,23,26)/t17-/m0/s1. The SMILES string of the molecule is COC(=O)c1ccc([C@@H]2NC(=O)NC(C)=C2C(=O)c2ccc(Cl)cc2)cc1. The molecule has 1 aliphatic rings. The summed E-state index contributed by atoms with van der Waals surface area (Å²) in [6.45, 7) is 1.68. The maximum Gasteiger partial charge on any atom is 0.337 e. The molecule has 7 heteroatoms. The maximum atomic E-state index is 13.1. The Morgan fingerprint density at radius 3 is 2.19 bits per heavy atom. The van der Waals surface area contributed by atoms with Crippen molar-refractivity contribution in [3.8, 4) is 0 Å². The molecule has 1 aliphatic heterocycles. The molecule has 2 N–H and O–H groups in total. The summed E-state index contributed by atoms with van der Waals surface area (Å²) >= 11 is 5.90. The maximum absolute atomic E-state index is 13.1. The van der Waals surface area contributed by atoms with Crippen LogP contribution in [0.3, 0.4) is 0 Å². The van der Waals surface area contributed by atoms with Gasteiger partial charge in [-0.05, 0) is 48.9 Å². The molecule has 2 amide bonds. The summed E-state index contributed by atoms with van der Waals surface area (Å²) in [6, 6.07) is 12.1. The number of carbonyl (C=O) groups excluding carboxylic acids is 3. The molecule has 0 saturated heterocycles. The third kappa shape index (κ3) is 3.85. The van der Waals surface area contributed by atoms with E-state index in [1.165, 1.54) is 7.11 Å². The first-order valence-corrected chi connectivity index (χ1v) is 8.55. The summed E-state index contributed by atoms with van der Waals surface area (Å²) in [4.78, 5) is 36.6. The van der Waals surface area contributed by atoms with E-state index in [0.717, 1.165) is 0 Å².